The number of sulfonamides is 1. The molecule has 0 bridgehead atoms. The van der Waals surface area contributed by atoms with E-state index in [9.17, 15) is 18.0 Å². The second-order valence-electron chi connectivity index (χ2n) is 8.70. The van der Waals surface area contributed by atoms with Crippen LogP contribution in [-0.4, -0.2) is 57.1 Å². The Labute approximate surface area is 223 Å². The van der Waals surface area contributed by atoms with Gasteiger partial charge >= 0.3 is 0 Å². The van der Waals surface area contributed by atoms with E-state index in [1.807, 2.05) is 13.8 Å². The standard InChI is InChI=1S/C25H33Cl2N3O5S/c1-17(2)28-25(32)18(3)29(16-21-22(26)11-7-12-23(21)27)24(31)13-8-14-30(36(5,33)34)19-9-6-10-20(15-19)35-4/h6-7,9-12,15,17-18H,8,13-14,16H2,1-5H3,(H,28,32)/t18-/m1/s1. The van der Waals surface area contributed by atoms with Gasteiger partial charge in [-0.15, -0.1) is 0 Å². The molecule has 0 aromatic heterocycles. The summed E-state index contributed by atoms with van der Waals surface area (Å²) in [4.78, 5) is 27.5. The van der Waals surface area contributed by atoms with Crippen LogP contribution in [0.15, 0.2) is 42.5 Å². The first-order valence-corrected chi connectivity index (χ1v) is 14.1. The fourth-order valence-corrected chi connectivity index (χ4v) is 5.09. The molecule has 8 nitrogen and oxygen atoms in total. The molecule has 0 radical (unpaired) electrons. The lowest BCUT2D eigenvalue weighted by atomic mass is 10.1. The van der Waals surface area contributed by atoms with Crippen LogP contribution < -0.4 is 14.4 Å². The van der Waals surface area contributed by atoms with Crippen LogP contribution in [-0.2, 0) is 26.2 Å². The van der Waals surface area contributed by atoms with Gasteiger partial charge in [0.2, 0.25) is 21.8 Å². The fourth-order valence-electron chi connectivity index (χ4n) is 3.61. The van der Waals surface area contributed by atoms with E-state index in [0.29, 0.717) is 27.0 Å². The molecule has 0 fully saturated rings. The highest BCUT2D eigenvalue weighted by Gasteiger charge is 2.28. The third kappa shape index (κ3) is 8.28. The van der Waals surface area contributed by atoms with E-state index in [-0.39, 0.29) is 43.8 Å². The first kappa shape index (κ1) is 29.7. The smallest absolute Gasteiger partial charge is 0.242 e. The Morgan fingerprint density at radius 1 is 1.06 bits per heavy atom. The van der Waals surface area contributed by atoms with Gasteiger partial charge in [0.15, 0.2) is 0 Å². The highest BCUT2D eigenvalue weighted by molar-refractivity contribution is 7.92. The lowest BCUT2D eigenvalue weighted by molar-refractivity contribution is -0.140. The summed E-state index contributed by atoms with van der Waals surface area (Å²) in [5, 5.41) is 3.60. The number of halogens is 2. The number of methoxy groups -OCH3 is 1. The SMILES string of the molecule is COc1cccc(N(CCCC(=O)N(Cc2c(Cl)cccc2Cl)[C@H](C)C(=O)NC(C)C)S(C)(=O)=O)c1. The summed E-state index contributed by atoms with van der Waals surface area (Å²) in [6, 6.07) is 10.8. The summed E-state index contributed by atoms with van der Waals surface area (Å²) >= 11 is 12.7. The normalized spacial score (nSPS) is 12.2. The predicted octanol–water partition coefficient (Wildman–Crippen LogP) is 4.49. The van der Waals surface area contributed by atoms with Gasteiger partial charge in [-0.2, -0.15) is 0 Å². The zero-order valence-electron chi connectivity index (χ0n) is 21.1. The van der Waals surface area contributed by atoms with Crippen LogP contribution in [0.1, 0.15) is 39.2 Å². The molecule has 2 aromatic rings. The van der Waals surface area contributed by atoms with Crippen molar-refractivity contribution < 1.29 is 22.7 Å². The number of nitrogens with one attached hydrogen (secondary N) is 1. The Kier molecular flexibility index (Phi) is 10.9. The van der Waals surface area contributed by atoms with Crippen molar-refractivity contribution in [1.82, 2.24) is 10.2 Å². The van der Waals surface area contributed by atoms with E-state index in [1.54, 1.807) is 49.4 Å². The molecule has 0 saturated heterocycles. The number of hydrogen-bond acceptors (Lipinski definition) is 5. The molecular formula is C25H33Cl2N3O5S. The van der Waals surface area contributed by atoms with Crippen molar-refractivity contribution >= 4 is 50.7 Å². The number of amides is 2. The number of anilines is 1. The van der Waals surface area contributed by atoms with Gasteiger partial charge in [-0.25, -0.2) is 8.42 Å². The third-order valence-corrected chi connectivity index (χ3v) is 7.38. The molecule has 2 aromatic carbocycles. The molecule has 36 heavy (non-hydrogen) atoms. The van der Waals surface area contributed by atoms with Gasteiger partial charge in [0.25, 0.3) is 0 Å². The van der Waals surface area contributed by atoms with E-state index in [2.05, 4.69) is 5.32 Å². The van der Waals surface area contributed by atoms with Crippen LogP contribution in [0.25, 0.3) is 0 Å². The fraction of sp³-hybridized carbons (Fsp3) is 0.440. The van der Waals surface area contributed by atoms with Crippen molar-refractivity contribution in [2.75, 3.05) is 24.2 Å². The second-order valence-corrected chi connectivity index (χ2v) is 11.4. The Balaban J connectivity index is 2.23. The number of hydrogen-bond donors (Lipinski definition) is 1. The lowest BCUT2D eigenvalue weighted by Gasteiger charge is -2.30. The molecule has 0 spiro atoms. The molecule has 2 amide bonds. The summed E-state index contributed by atoms with van der Waals surface area (Å²) in [5.74, 6) is -0.114. The Morgan fingerprint density at radius 2 is 1.67 bits per heavy atom. The molecule has 0 heterocycles. The molecule has 0 aliphatic rings. The van der Waals surface area contributed by atoms with Gasteiger partial charge in [-0.1, -0.05) is 35.3 Å². The summed E-state index contributed by atoms with van der Waals surface area (Å²) in [6.07, 6.45) is 1.35. The molecule has 11 heteroatoms. The van der Waals surface area contributed by atoms with E-state index < -0.39 is 16.1 Å². The third-order valence-electron chi connectivity index (χ3n) is 5.48. The van der Waals surface area contributed by atoms with E-state index in [4.69, 9.17) is 27.9 Å². The quantitative estimate of drug-likeness (QED) is 0.414. The van der Waals surface area contributed by atoms with Gasteiger partial charge in [0.05, 0.1) is 19.1 Å². The monoisotopic (exact) mass is 557 g/mol. The minimum absolute atomic E-state index is 0.0113. The summed E-state index contributed by atoms with van der Waals surface area (Å²) < 4.78 is 31.4. The minimum Gasteiger partial charge on any atom is -0.497 e. The number of carbonyl (C=O) groups excluding carboxylic acids is 2. The number of benzene rings is 2. The van der Waals surface area contributed by atoms with Crippen LogP contribution >= 0.6 is 23.2 Å². The maximum Gasteiger partial charge on any atom is 0.242 e. The van der Waals surface area contributed by atoms with Gasteiger partial charge in [-0.3, -0.25) is 13.9 Å². The Bertz CT molecular complexity index is 1150. The number of ether oxygens (including phenoxy) is 1. The molecule has 198 valence electrons. The van der Waals surface area contributed by atoms with Crippen LogP contribution in [0.4, 0.5) is 5.69 Å². The molecule has 0 unspecified atom stereocenters. The first-order valence-electron chi connectivity index (χ1n) is 11.5. The lowest BCUT2D eigenvalue weighted by Crippen LogP contribution is -2.49. The average Bonchev–Trinajstić information content (AvgIpc) is 2.80. The van der Waals surface area contributed by atoms with E-state index >= 15 is 0 Å². The zero-order valence-corrected chi connectivity index (χ0v) is 23.5. The Hall–Kier alpha value is -2.49. The van der Waals surface area contributed by atoms with Gasteiger partial charge in [-0.05, 0) is 51.5 Å². The average molecular weight is 559 g/mol. The van der Waals surface area contributed by atoms with Gasteiger partial charge < -0.3 is 15.0 Å². The molecule has 1 N–H and O–H groups in total. The first-order chi connectivity index (χ1) is 16.8. The van der Waals surface area contributed by atoms with Crippen molar-refractivity contribution in [3.8, 4) is 5.75 Å². The molecule has 0 aliphatic carbocycles. The van der Waals surface area contributed by atoms with Crippen molar-refractivity contribution in [3.63, 3.8) is 0 Å². The number of rotatable bonds is 12. The number of carbonyl (C=O) groups is 2. The maximum absolute atomic E-state index is 13.3. The molecule has 1 atom stereocenters. The largest absolute Gasteiger partial charge is 0.497 e. The van der Waals surface area contributed by atoms with Gasteiger partial charge in [0, 0.05) is 47.2 Å². The van der Waals surface area contributed by atoms with Crippen LogP contribution in [0.3, 0.4) is 0 Å². The highest BCUT2D eigenvalue weighted by atomic mass is 35.5. The van der Waals surface area contributed by atoms with Crippen molar-refractivity contribution in [2.45, 2.75) is 52.2 Å². The second kappa shape index (κ2) is 13.2. The van der Waals surface area contributed by atoms with Crippen molar-refractivity contribution in [2.24, 2.45) is 0 Å². The summed E-state index contributed by atoms with van der Waals surface area (Å²) in [7, 11) is -2.11. The molecular weight excluding hydrogens is 525 g/mol. The Morgan fingerprint density at radius 3 is 2.22 bits per heavy atom. The topological polar surface area (TPSA) is 96.0 Å². The van der Waals surface area contributed by atoms with Crippen molar-refractivity contribution in [3.05, 3.63) is 58.1 Å². The maximum atomic E-state index is 13.3. The summed E-state index contributed by atoms with van der Waals surface area (Å²) in [6.45, 7) is 5.42. The molecule has 2 rings (SSSR count). The zero-order chi connectivity index (χ0) is 27.0. The highest BCUT2D eigenvalue weighted by Crippen LogP contribution is 2.27. The molecule has 0 aliphatic heterocycles. The van der Waals surface area contributed by atoms with Crippen LogP contribution in [0, 0.1) is 0 Å². The summed E-state index contributed by atoms with van der Waals surface area (Å²) in [5.41, 5.74) is 0.973. The van der Waals surface area contributed by atoms with Crippen LogP contribution in [0.5, 0.6) is 5.75 Å². The predicted molar refractivity (Wildman–Crippen MR) is 144 cm³/mol. The van der Waals surface area contributed by atoms with Gasteiger partial charge in [0.1, 0.15) is 11.8 Å². The van der Waals surface area contributed by atoms with Crippen LogP contribution in [0.2, 0.25) is 10.0 Å². The minimum atomic E-state index is -3.61. The van der Waals surface area contributed by atoms with E-state index in [1.165, 1.54) is 16.3 Å². The number of nitrogens with zero attached hydrogens (tertiary/aromatic N) is 2. The van der Waals surface area contributed by atoms with Crippen molar-refractivity contribution in [1.29, 1.82) is 0 Å². The van der Waals surface area contributed by atoms with E-state index in [0.717, 1.165) is 6.26 Å². The molecule has 0 saturated carbocycles.